The smallest absolute Gasteiger partial charge is 0.308 e. The van der Waals surface area contributed by atoms with Crippen molar-refractivity contribution in [1.29, 1.82) is 0 Å². The molecule has 2 N–H and O–H groups in total. The molecular weight excluding hydrogens is 1110 g/mol. The molecule has 12 aliphatic carbocycles. The van der Waals surface area contributed by atoms with Gasteiger partial charge < -0.3 is 20.1 Å². The van der Waals surface area contributed by atoms with Crippen LogP contribution in [-0.2, 0) is 28.7 Å². The summed E-state index contributed by atoms with van der Waals surface area (Å²) in [5.41, 5.74) is 1.30. The summed E-state index contributed by atoms with van der Waals surface area (Å²) in [4.78, 5) is 44.4. The summed E-state index contributed by atoms with van der Waals surface area (Å²) in [6.07, 6.45) is 51.0. The van der Waals surface area contributed by atoms with Crippen molar-refractivity contribution in [3.63, 3.8) is 0 Å². The van der Waals surface area contributed by atoms with E-state index in [1.165, 1.54) is 168 Å². The Morgan fingerprint density at radius 2 is 0.444 bits per heavy atom. The molecule has 0 aromatic heterocycles. The molecule has 8 heteroatoms. The van der Waals surface area contributed by atoms with Crippen LogP contribution in [0.25, 0.3) is 0 Å². The zero-order chi connectivity index (χ0) is 67.0. The van der Waals surface area contributed by atoms with Crippen molar-refractivity contribution in [2.75, 3.05) is 28.3 Å². The molecule has 12 aliphatic rings. The number of carbonyl (C=O) groups excluding carboxylic acids is 4. The number of nitrogens with one attached hydrogen (secondary N) is 2. The number of carbonyl (C=O) groups is 4. The van der Waals surface area contributed by atoms with E-state index in [2.05, 4.69) is 124 Å². The normalized spacial score (nSPS) is 37.5. The molecule has 12 rings (SSSR count). The number of esters is 2. The Hall–Kier alpha value is -2.12. The van der Waals surface area contributed by atoms with Crippen LogP contribution < -0.4 is 10.6 Å². The van der Waals surface area contributed by atoms with Gasteiger partial charge in [0.1, 0.15) is 0 Å². The maximum Gasteiger partial charge on any atom is 0.308 e. The van der Waals surface area contributed by atoms with Gasteiger partial charge in [-0.15, -0.1) is 0 Å². The highest BCUT2D eigenvalue weighted by atomic mass is 16.5. The van der Waals surface area contributed by atoms with Gasteiger partial charge in [-0.25, -0.2) is 0 Å². The molecule has 0 spiro atoms. The van der Waals surface area contributed by atoms with Gasteiger partial charge in [0.05, 0.1) is 26.1 Å². The molecule has 12 saturated carbocycles. The zero-order valence-electron chi connectivity index (χ0n) is 63.3. The monoisotopic (exact) mass is 1260 g/mol. The summed E-state index contributed by atoms with van der Waals surface area (Å²) in [7, 11) is 6.39. The molecule has 0 aromatic rings. The lowest BCUT2D eigenvalue weighted by atomic mass is 9.43. The van der Waals surface area contributed by atoms with E-state index in [4.69, 9.17) is 0 Å². The Morgan fingerprint density at radius 1 is 0.289 bits per heavy atom. The van der Waals surface area contributed by atoms with Crippen molar-refractivity contribution in [2.45, 2.75) is 348 Å². The van der Waals surface area contributed by atoms with Crippen molar-refractivity contribution in [1.82, 2.24) is 10.6 Å². The van der Waals surface area contributed by atoms with Crippen LogP contribution >= 0.6 is 0 Å². The zero-order valence-corrected chi connectivity index (χ0v) is 63.3. The first-order chi connectivity index (χ1) is 42.6. The predicted octanol–water partition coefficient (Wildman–Crippen LogP) is 22.7. The number of hydrogen-bond acceptors (Lipinski definition) is 6. The molecule has 2 amide bonds. The van der Waals surface area contributed by atoms with Gasteiger partial charge in [0, 0.05) is 25.9 Å². The van der Waals surface area contributed by atoms with Crippen LogP contribution in [0.1, 0.15) is 348 Å². The Labute approximate surface area is 559 Å². The number of hydrogen-bond donors (Lipinski definition) is 2. The van der Waals surface area contributed by atoms with Crippen LogP contribution in [0, 0.1) is 123 Å². The summed E-state index contributed by atoms with van der Waals surface area (Å²) in [5.74, 6) is 16.2. The molecule has 0 atom stereocenters. The van der Waals surface area contributed by atoms with Gasteiger partial charge in [-0.05, 0) is 241 Å². The summed E-state index contributed by atoms with van der Waals surface area (Å²) >= 11 is 0. The third kappa shape index (κ3) is 32.5. The highest BCUT2D eigenvalue weighted by Gasteiger charge is 2.55. The molecule has 0 heterocycles. The molecule has 0 saturated heterocycles. The average Bonchev–Trinajstić information content (AvgIpc) is 0.817. The van der Waals surface area contributed by atoms with E-state index < -0.39 is 0 Å². The molecule has 12 fully saturated rings. The third-order valence-corrected chi connectivity index (χ3v) is 25.2. The average molecular weight is 1260 g/mol. The van der Waals surface area contributed by atoms with E-state index in [9.17, 15) is 19.2 Å². The lowest BCUT2D eigenvalue weighted by Gasteiger charge is -2.62. The maximum atomic E-state index is 11.2. The van der Waals surface area contributed by atoms with Crippen molar-refractivity contribution in [3.8, 4) is 0 Å². The highest BCUT2D eigenvalue weighted by molar-refractivity contribution is 5.78. The van der Waals surface area contributed by atoms with Crippen LogP contribution in [-0.4, -0.2) is 52.1 Å². The van der Waals surface area contributed by atoms with E-state index in [0.29, 0.717) is 17.3 Å². The standard InChI is InChI=1S/C14H24.2C9H17NO.2C9H16O2.4C8H16/c1-13(2,3)14-7-10-4-11(8-14)6-12(5-10)9-14;2*1-7-3-5-8(6-4-7)9(11)10-2;2*1-7-3-5-8(6-4-7)9(10)11-2;4*1-7-3-5-8(2)6-4-7/h10-12H,4-9H2,1-3H3;2*7-8H,3-6H2,1-2H3,(H,10,11);2*7-8H,3-6H2,1-2H3;4*7-8H,3-6H2,1-2H3. The second-order valence-corrected chi connectivity index (χ2v) is 35.0. The second kappa shape index (κ2) is 43.9. The molecule has 0 unspecified atom stereocenters. The van der Waals surface area contributed by atoms with E-state index in [1.54, 1.807) is 52.6 Å². The summed E-state index contributed by atoms with van der Waals surface area (Å²) < 4.78 is 9.37. The highest BCUT2D eigenvalue weighted by Crippen LogP contribution is 2.65. The topological polar surface area (TPSA) is 111 Å². The van der Waals surface area contributed by atoms with Gasteiger partial charge >= 0.3 is 11.9 Å². The molecular formula is C82H154N2O6. The minimum Gasteiger partial charge on any atom is -0.469 e. The Balaban J connectivity index is 0.000000266. The molecule has 528 valence electrons. The minimum atomic E-state index is -0.0168. The van der Waals surface area contributed by atoms with Crippen molar-refractivity contribution >= 4 is 23.8 Å². The lowest BCUT2D eigenvalue weighted by molar-refractivity contribution is -0.147. The lowest BCUT2D eigenvalue weighted by Crippen LogP contribution is -2.51. The molecule has 0 aromatic carbocycles. The Morgan fingerprint density at radius 3 is 0.589 bits per heavy atom. The number of rotatable bonds is 4. The van der Waals surface area contributed by atoms with Crippen LogP contribution in [0.2, 0.25) is 0 Å². The van der Waals surface area contributed by atoms with Gasteiger partial charge in [-0.2, -0.15) is 0 Å². The molecule has 8 nitrogen and oxygen atoms in total. The third-order valence-electron chi connectivity index (χ3n) is 25.2. The summed E-state index contributed by atoms with van der Waals surface area (Å²) in [6, 6.07) is 0. The van der Waals surface area contributed by atoms with E-state index in [-0.39, 0.29) is 35.6 Å². The Kier molecular flexibility index (Phi) is 40.0. The fourth-order valence-electron chi connectivity index (χ4n) is 17.5. The van der Waals surface area contributed by atoms with Crippen molar-refractivity contribution < 1.29 is 28.7 Å². The number of amides is 2. The maximum absolute atomic E-state index is 11.2. The van der Waals surface area contributed by atoms with Crippen LogP contribution in [0.5, 0.6) is 0 Å². The summed E-state index contributed by atoms with van der Waals surface area (Å²) in [6.45, 7) is 35.4. The Bertz CT molecular complexity index is 1570. The molecule has 4 bridgehead atoms. The summed E-state index contributed by atoms with van der Waals surface area (Å²) in [5, 5.41) is 5.42. The first-order valence-electron chi connectivity index (χ1n) is 39.2. The van der Waals surface area contributed by atoms with E-state index in [1.807, 2.05) is 0 Å². The van der Waals surface area contributed by atoms with Crippen molar-refractivity contribution in [3.05, 3.63) is 0 Å². The predicted molar refractivity (Wildman–Crippen MR) is 384 cm³/mol. The van der Waals surface area contributed by atoms with E-state index >= 15 is 0 Å². The quantitative estimate of drug-likeness (QED) is 0.271. The molecule has 0 radical (unpaired) electrons. The number of methoxy groups -OCH3 is 2. The van der Waals surface area contributed by atoms with Crippen LogP contribution in [0.15, 0.2) is 0 Å². The fourth-order valence-corrected chi connectivity index (χ4v) is 17.5. The number of ether oxygens (including phenoxy) is 2. The van der Waals surface area contributed by atoms with Gasteiger partial charge in [0.15, 0.2) is 0 Å². The van der Waals surface area contributed by atoms with Crippen LogP contribution in [0.4, 0.5) is 0 Å². The molecule has 0 aliphatic heterocycles. The van der Waals surface area contributed by atoms with E-state index in [0.717, 1.165) is 146 Å². The van der Waals surface area contributed by atoms with Gasteiger partial charge in [-0.1, -0.05) is 207 Å². The molecule has 90 heavy (non-hydrogen) atoms. The largest absolute Gasteiger partial charge is 0.469 e. The van der Waals surface area contributed by atoms with Gasteiger partial charge in [0.2, 0.25) is 11.8 Å². The fraction of sp³-hybridized carbons (Fsp3) is 0.951. The first kappa shape index (κ1) is 82.1. The van der Waals surface area contributed by atoms with Crippen molar-refractivity contribution in [2.24, 2.45) is 123 Å². The van der Waals surface area contributed by atoms with Gasteiger partial charge in [0.25, 0.3) is 0 Å². The van der Waals surface area contributed by atoms with Gasteiger partial charge in [-0.3, -0.25) is 19.2 Å². The minimum absolute atomic E-state index is 0.0168. The SMILES string of the molecule is CC(C)(C)C12CC3CC(CC(C3)C1)C2.CC1CCC(C)CC1.CC1CCC(C)CC1.CC1CCC(C)CC1.CC1CCC(C)CC1.CNC(=O)C1CCC(C)CC1.CNC(=O)C1CCC(C)CC1.COC(=O)C1CCC(C)CC1.COC(=O)C1CCC(C)CC1. The van der Waals surface area contributed by atoms with Crippen LogP contribution in [0.3, 0.4) is 0 Å². The second-order valence-electron chi connectivity index (χ2n) is 35.0. The first-order valence-corrected chi connectivity index (χ1v) is 39.2.